The quantitative estimate of drug-likeness (QED) is 0.0224. The van der Waals surface area contributed by atoms with Gasteiger partial charge in [-0.25, -0.2) is 4.79 Å². The molecule has 1 saturated heterocycles. The molecule has 4 atom stereocenters. The van der Waals surface area contributed by atoms with Crippen molar-refractivity contribution in [2.24, 2.45) is 11.8 Å². The van der Waals surface area contributed by atoms with E-state index in [9.17, 15) is 29.3 Å². The Balaban J connectivity index is 2.23. The van der Waals surface area contributed by atoms with Crippen LogP contribution in [0.15, 0.2) is 53.4 Å². The van der Waals surface area contributed by atoms with Gasteiger partial charge < -0.3 is 23.1 Å². The molecular weight excluding hydrogens is 798 g/mol. The zero-order chi connectivity index (χ0) is 43.6. The number of nitro groups is 1. The number of hydrogen-bond donors (Lipinski definition) is 0. The summed E-state index contributed by atoms with van der Waals surface area (Å²) in [5.41, 5.74) is 0.737. The molecule has 0 N–H and O–H groups in total. The van der Waals surface area contributed by atoms with Crippen LogP contribution in [0.1, 0.15) is 98.0 Å². The molecule has 16 heteroatoms. The smallest absolute Gasteiger partial charge is 0.360 e. The van der Waals surface area contributed by atoms with E-state index in [2.05, 4.69) is 33.9 Å². The fourth-order valence-electron chi connectivity index (χ4n) is 6.56. The van der Waals surface area contributed by atoms with E-state index < -0.39 is 56.4 Å². The molecule has 3 rings (SSSR count). The molecule has 0 radical (unpaired) electrons. The molecule has 1 aliphatic heterocycles. The van der Waals surface area contributed by atoms with E-state index in [-0.39, 0.29) is 53.1 Å². The molecule has 13 nitrogen and oxygen atoms in total. The van der Waals surface area contributed by atoms with Crippen LogP contribution in [0.2, 0.25) is 18.1 Å². The molecule has 1 aliphatic rings. The number of nitrogens with zero attached hydrogens (tertiary/aromatic N) is 3. The zero-order valence-electron chi connectivity index (χ0n) is 36.4. The number of hydrogen-bond acceptors (Lipinski definition) is 11. The van der Waals surface area contributed by atoms with Gasteiger partial charge in [-0.15, -0.1) is 0 Å². The van der Waals surface area contributed by atoms with E-state index in [1.54, 1.807) is 36.1 Å². The highest BCUT2D eigenvalue weighted by molar-refractivity contribution is 8.13. The van der Waals surface area contributed by atoms with Gasteiger partial charge in [-0.1, -0.05) is 72.4 Å². The van der Waals surface area contributed by atoms with Crippen LogP contribution in [0.3, 0.4) is 0 Å². The number of thioether (sulfide) groups is 1. The van der Waals surface area contributed by atoms with Crippen LogP contribution in [-0.4, -0.2) is 96.0 Å². The number of ether oxygens (including phenoxy) is 1. The third kappa shape index (κ3) is 11.3. The number of rotatable bonds is 21. The summed E-state index contributed by atoms with van der Waals surface area (Å²) in [7, 11) is -5.79. The molecule has 0 spiro atoms. The first-order valence-electron chi connectivity index (χ1n) is 20.3. The summed E-state index contributed by atoms with van der Waals surface area (Å²) in [4.78, 5) is 72.0. The third-order valence-corrected chi connectivity index (χ3v) is 19.7. The van der Waals surface area contributed by atoms with Crippen molar-refractivity contribution < 1.29 is 42.3 Å². The molecule has 0 saturated carbocycles. The number of non-ortho nitro benzene ring substituents is 1. The number of likely N-dealkylation sites (tertiary alicyclic amines) is 1. The first-order chi connectivity index (χ1) is 27.2. The molecule has 0 aliphatic carbocycles. The summed E-state index contributed by atoms with van der Waals surface area (Å²) in [6.45, 7) is 24.9. The Bertz CT molecular complexity index is 1820. The van der Waals surface area contributed by atoms with Crippen LogP contribution in [0.5, 0.6) is 0 Å². The number of nitro benzene ring substituents is 1. The molecule has 58 heavy (non-hydrogen) atoms. The van der Waals surface area contributed by atoms with Crippen LogP contribution >= 0.6 is 19.1 Å². The molecule has 2 aromatic carbocycles. The van der Waals surface area contributed by atoms with Crippen molar-refractivity contribution in [2.75, 3.05) is 32.5 Å². The molecule has 1 fully saturated rings. The van der Waals surface area contributed by atoms with Crippen molar-refractivity contribution in [3.8, 4) is 0 Å². The lowest BCUT2D eigenvalue weighted by Crippen LogP contribution is -2.71. The first kappa shape index (κ1) is 49.0. The number of esters is 1. The highest BCUT2D eigenvalue weighted by Gasteiger charge is 2.59. The maximum Gasteiger partial charge on any atom is 0.360 e. The van der Waals surface area contributed by atoms with Gasteiger partial charge in [0.2, 0.25) is 5.91 Å². The number of β-lactam (4-membered cyclic amide) rings is 1. The van der Waals surface area contributed by atoms with Crippen LogP contribution < -0.4 is 0 Å². The number of carbonyl (C=O) groups is 4. The van der Waals surface area contributed by atoms with Gasteiger partial charge in [0.1, 0.15) is 6.61 Å². The van der Waals surface area contributed by atoms with Gasteiger partial charge in [-0.3, -0.25) is 29.4 Å². The Morgan fingerprint density at radius 1 is 0.948 bits per heavy atom. The highest BCUT2D eigenvalue weighted by Crippen LogP contribution is 2.55. The Kier molecular flexibility index (Phi) is 18.0. The standard InChI is InChI=1S/C42H64N3O10PSSi/c1-13-26-53-56(17-5,54-27-14-2)39(40(48)52-28-31-22-24-32(25-23-31)45(50)51)44-36(35(38(44)47)30(7)55-58(11,12)42(8,9)10)29(6)41(49)57-34-21-19-18-20-33(34)37(46)43(15-3)16-4/h18-25,29-30,35-36H,13-17,26-28H2,1-12H3/t29-,30-,35-,36-/m1/s1. The molecule has 0 bridgehead atoms. The molecule has 2 amide bonds. The number of carbonyl (C=O) groups excluding carboxylic acids is 4. The average Bonchev–Trinajstić information content (AvgIpc) is 3.18. The van der Waals surface area contributed by atoms with Crippen LogP contribution in [0.4, 0.5) is 5.69 Å². The van der Waals surface area contributed by atoms with Crippen molar-refractivity contribution in [2.45, 2.75) is 124 Å². The first-order valence-corrected chi connectivity index (χ1v) is 25.8. The fraction of sp³-hybridized carbons (Fsp3) is 0.595. The largest absolute Gasteiger partial charge is 0.456 e. The van der Waals surface area contributed by atoms with Crippen molar-refractivity contribution in [3.05, 3.63) is 69.8 Å². The van der Waals surface area contributed by atoms with E-state index in [0.717, 1.165) is 11.8 Å². The lowest BCUT2D eigenvalue weighted by Gasteiger charge is -2.54. The summed E-state index contributed by atoms with van der Waals surface area (Å²) in [6, 6.07) is 11.8. The van der Waals surface area contributed by atoms with Crippen LogP contribution in [-0.2, 0) is 39.2 Å². The van der Waals surface area contributed by atoms with Crippen molar-refractivity contribution >= 4 is 61.4 Å². The fourth-order valence-corrected chi connectivity index (χ4v) is 11.8. The van der Waals surface area contributed by atoms with Gasteiger partial charge in [-0.05, 0) is 81.6 Å². The average molecular weight is 862 g/mol. The van der Waals surface area contributed by atoms with Gasteiger partial charge in [0.05, 0.1) is 41.8 Å². The second-order valence-electron chi connectivity index (χ2n) is 16.0. The zero-order valence-corrected chi connectivity index (χ0v) is 39.1. The van der Waals surface area contributed by atoms with Crippen molar-refractivity contribution in [1.29, 1.82) is 0 Å². The monoisotopic (exact) mass is 861 g/mol. The van der Waals surface area contributed by atoms with E-state index in [1.165, 1.54) is 29.2 Å². The Morgan fingerprint density at radius 3 is 2.02 bits per heavy atom. The molecule has 2 aromatic rings. The van der Waals surface area contributed by atoms with Crippen molar-refractivity contribution in [3.63, 3.8) is 0 Å². The SMILES string of the molecule is CCCOP(CC)(OCCC)=C(C(=O)OCc1ccc([N+](=O)[O-])cc1)N1C(=O)[C@H]([C@@H](C)O[Si](C)(C)C(C)(C)C)[C@H]1[C@@H](C)C(=O)Sc1ccccc1C(=O)N(CC)CC. The predicted octanol–water partition coefficient (Wildman–Crippen LogP) is 9.16. The molecule has 1 heterocycles. The maximum atomic E-state index is 14.9. The second kappa shape index (κ2) is 21.3. The van der Waals surface area contributed by atoms with Gasteiger partial charge in [-0.2, -0.15) is 0 Å². The topological polar surface area (TPSA) is 155 Å². The summed E-state index contributed by atoms with van der Waals surface area (Å²) < 4.78 is 25.8. The third-order valence-electron chi connectivity index (χ3n) is 10.9. The minimum atomic E-state index is -3.36. The minimum Gasteiger partial charge on any atom is -0.456 e. The Labute approximate surface area is 350 Å². The molecule has 0 unspecified atom stereocenters. The van der Waals surface area contributed by atoms with E-state index >= 15 is 0 Å². The minimum absolute atomic E-state index is 0.0636. The molecule has 0 aromatic heterocycles. The highest BCUT2D eigenvalue weighted by atomic mass is 32.2. The van der Waals surface area contributed by atoms with Gasteiger partial charge >= 0.3 is 5.97 Å². The van der Waals surface area contributed by atoms with E-state index in [0.29, 0.717) is 42.0 Å². The molecular formula is C42H64N3O10PSSi. The molecule has 322 valence electrons. The Morgan fingerprint density at radius 2 is 1.52 bits per heavy atom. The lowest BCUT2D eigenvalue weighted by molar-refractivity contribution is -0.384. The summed E-state index contributed by atoms with van der Waals surface area (Å²) in [6.07, 6.45) is 0.837. The van der Waals surface area contributed by atoms with Crippen molar-refractivity contribution in [1.82, 2.24) is 9.80 Å². The normalized spacial score (nSPS) is 17.0. The van der Waals surface area contributed by atoms with Gasteiger partial charge in [0, 0.05) is 42.2 Å². The van der Waals surface area contributed by atoms with Gasteiger partial charge in [0.15, 0.2) is 26.2 Å². The number of amides is 2. The summed E-state index contributed by atoms with van der Waals surface area (Å²) >= 11 is 0.946. The maximum absolute atomic E-state index is 14.9. The number of benzene rings is 2. The summed E-state index contributed by atoms with van der Waals surface area (Å²) in [5.74, 6) is -3.09. The summed E-state index contributed by atoms with van der Waals surface area (Å²) in [5, 5.41) is 10.8. The van der Waals surface area contributed by atoms with Crippen LogP contribution in [0.25, 0.3) is 0 Å². The predicted molar refractivity (Wildman–Crippen MR) is 233 cm³/mol. The Hall–Kier alpha value is -3.33. The van der Waals surface area contributed by atoms with Crippen LogP contribution in [0, 0.1) is 22.0 Å². The lowest BCUT2D eigenvalue weighted by atomic mass is 9.77. The van der Waals surface area contributed by atoms with Gasteiger partial charge in [0.25, 0.3) is 11.6 Å². The second-order valence-corrected chi connectivity index (χ2v) is 24.7. The van der Waals surface area contributed by atoms with E-state index in [4.69, 9.17) is 18.2 Å². The van der Waals surface area contributed by atoms with E-state index in [1.807, 2.05) is 41.5 Å².